The molecule has 1 N–H and O–H groups in total. The van der Waals surface area contributed by atoms with Crippen LogP contribution in [-0.4, -0.2) is 12.6 Å². The van der Waals surface area contributed by atoms with Crippen molar-refractivity contribution < 1.29 is 0 Å². The van der Waals surface area contributed by atoms with Crippen LogP contribution in [0.5, 0.6) is 0 Å². The molecule has 0 aromatic carbocycles. The molecule has 110 valence electrons. The lowest BCUT2D eigenvalue weighted by Gasteiger charge is -2.15. The Kier molecular flexibility index (Phi) is 32.0. The lowest BCUT2D eigenvalue weighted by Crippen LogP contribution is -2.29. The van der Waals surface area contributed by atoms with E-state index in [4.69, 9.17) is 6.42 Å². The average molecular weight is 255 g/mol. The summed E-state index contributed by atoms with van der Waals surface area (Å²) in [6, 6.07) is 0.729. The Morgan fingerprint density at radius 3 is 2.06 bits per heavy atom. The minimum Gasteiger partial charge on any atom is -0.314 e. The molecule has 0 saturated carbocycles. The van der Waals surface area contributed by atoms with Gasteiger partial charge in [0.2, 0.25) is 0 Å². The first-order chi connectivity index (χ1) is 8.85. The zero-order valence-corrected chi connectivity index (χ0v) is 13.8. The number of nitrogens with one attached hydrogen (secondary N) is 1. The van der Waals surface area contributed by atoms with E-state index in [2.05, 4.69) is 25.1 Å². The van der Waals surface area contributed by atoms with Gasteiger partial charge in [-0.05, 0) is 32.2 Å². The van der Waals surface area contributed by atoms with E-state index in [-0.39, 0.29) is 0 Å². The smallest absolute Gasteiger partial charge is 0.00860 e. The number of terminal acetylenes is 1. The van der Waals surface area contributed by atoms with Crippen LogP contribution in [-0.2, 0) is 0 Å². The van der Waals surface area contributed by atoms with Gasteiger partial charge in [0.15, 0.2) is 0 Å². The second-order valence-electron chi connectivity index (χ2n) is 3.86. The molecule has 0 bridgehead atoms. The number of hydrogen-bond acceptors (Lipinski definition) is 1. The van der Waals surface area contributed by atoms with E-state index in [1.165, 1.54) is 38.5 Å². The molecule has 0 amide bonds. The summed E-state index contributed by atoms with van der Waals surface area (Å²) in [7, 11) is 0. The first-order valence-corrected chi connectivity index (χ1v) is 8.02. The van der Waals surface area contributed by atoms with Gasteiger partial charge in [0.1, 0.15) is 0 Å². The predicted octanol–water partition coefficient (Wildman–Crippen LogP) is 5.40. The molecule has 0 heterocycles. The standard InChI is InChI=1S/C13H25N.2C2H6/c1-4-7-8-9-10-12-14-13(6-3)11-5-2;2*1-2/h1,13-14H,5-12H2,2-3H3;2*1-2H3/t13-;;/m0../s1. The molecule has 0 aliphatic carbocycles. The molecule has 0 fully saturated rings. The van der Waals surface area contributed by atoms with Crippen LogP contribution in [0.4, 0.5) is 0 Å². The van der Waals surface area contributed by atoms with Crippen molar-refractivity contribution in [3.05, 3.63) is 0 Å². The van der Waals surface area contributed by atoms with E-state index >= 15 is 0 Å². The molecule has 1 atom stereocenters. The Hall–Kier alpha value is -0.480. The molecule has 0 aliphatic heterocycles. The SMILES string of the molecule is C#CCCCCCN[C@@H](CC)CCC.CC.CC. The Balaban J connectivity index is -0.000000506. The van der Waals surface area contributed by atoms with Crippen LogP contribution in [0.2, 0.25) is 0 Å². The maximum absolute atomic E-state index is 5.19. The van der Waals surface area contributed by atoms with Crippen molar-refractivity contribution >= 4 is 0 Å². The third-order valence-corrected chi connectivity index (χ3v) is 2.56. The third-order valence-electron chi connectivity index (χ3n) is 2.56. The largest absolute Gasteiger partial charge is 0.314 e. The lowest BCUT2D eigenvalue weighted by molar-refractivity contribution is 0.453. The molecule has 0 radical (unpaired) electrons. The molecule has 0 aromatic rings. The summed E-state index contributed by atoms with van der Waals surface area (Å²) in [5.41, 5.74) is 0. The van der Waals surface area contributed by atoms with E-state index in [1.807, 2.05) is 27.7 Å². The molecular weight excluding hydrogens is 218 g/mol. The molecule has 0 saturated heterocycles. The first kappa shape index (κ1) is 22.7. The molecule has 0 aliphatic rings. The van der Waals surface area contributed by atoms with Crippen molar-refractivity contribution in [2.45, 2.75) is 92.5 Å². The summed E-state index contributed by atoms with van der Waals surface area (Å²) < 4.78 is 0. The van der Waals surface area contributed by atoms with Gasteiger partial charge in [-0.2, -0.15) is 0 Å². The zero-order valence-electron chi connectivity index (χ0n) is 13.8. The number of hydrogen-bond donors (Lipinski definition) is 1. The summed E-state index contributed by atoms with van der Waals surface area (Å²) in [6.45, 7) is 13.7. The summed E-state index contributed by atoms with van der Waals surface area (Å²) >= 11 is 0. The van der Waals surface area contributed by atoms with Crippen LogP contribution in [0.3, 0.4) is 0 Å². The maximum Gasteiger partial charge on any atom is 0.00860 e. The van der Waals surface area contributed by atoms with E-state index in [1.54, 1.807) is 0 Å². The Morgan fingerprint density at radius 1 is 1.00 bits per heavy atom. The van der Waals surface area contributed by atoms with Gasteiger partial charge in [-0.1, -0.05) is 54.4 Å². The molecule has 0 unspecified atom stereocenters. The highest BCUT2D eigenvalue weighted by Crippen LogP contribution is 2.02. The summed E-state index contributed by atoms with van der Waals surface area (Å²) in [4.78, 5) is 0. The molecule has 0 aromatic heterocycles. The van der Waals surface area contributed by atoms with Crippen LogP contribution >= 0.6 is 0 Å². The average Bonchev–Trinajstić information content (AvgIpc) is 2.45. The van der Waals surface area contributed by atoms with E-state index in [0.717, 1.165) is 19.0 Å². The minimum absolute atomic E-state index is 0.729. The van der Waals surface area contributed by atoms with Crippen LogP contribution in [0.15, 0.2) is 0 Å². The molecule has 1 heteroatoms. The number of rotatable bonds is 9. The lowest BCUT2D eigenvalue weighted by atomic mass is 10.1. The molecule has 0 rings (SSSR count). The second kappa shape index (κ2) is 25.4. The van der Waals surface area contributed by atoms with Gasteiger partial charge in [-0.25, -0.2) is 0 Å². The van der Waals surface area contributed by atoms with Gasteiger partial charge in [0.25, 0.3) is 0 Å². The van der Waals surface area contributed by atoms with Gasteiger partial charge in [0.05, 0.1) is 0 Å². The van der Waals surface area contributed by atoms with Crippen LogP contribution in [0.1, 0.15) is 86.5 Å². The van der Waals surface area contributed by atoms with Crippen molar-refractivity contribution in [1.82, 2.24) is 5.32 Å². The molecular formula is C17H37N. The molecule has 1 nitrogen and oxygen atoms in total. The molecule has 18 heavy (non-hydrogen) atoms. The topological polar surface area (TPSA) is 12.0 Å². The molecule has 0 spiro atoms. The second-order valence-corrected chi connectivity index (χ2v) is 3.86. The Bertz CT molecular complexity index is 146. The van der Waals surface area contributed by atoms with Crippen molar-refractivity contribution in [2.75, 3.05) is 6.54 Å². The summed E-state index contributed by atoms with van der Waals surface area (Å²) in [6.07, 6.45) is 13.7. The fourth-order valence-electron chi connectivity index (χ4n) is 1.63. The fraction of sp³-hybridized carbons (Fsp3) is 0.882. The van der Waals surface area contributed by atoms with E-state index in [9.17, 15) is 0 Å². The van der Waals surface area contributed by atoms with E-state index in [0.29, 0.717) is 0 Å². The van der Waals surface area contributed by atoms with Crippen molar-refractivity contribution in [3.8, 4) is 12.3 Å². The summed E-state index contributed by atoms with van der Waals surface area (Å²) in [5.74, 6) is 2.68. The predicted molar refractivity (Wildman–Crippen MR) is 87.0 cm³/mol. The van der Waals surface area contributed by atoms with Gasteiger partial charge in [0, 0.05) is 12.5 Å². The van der Waals surface area contributed by atoms with Gasteiger partial charge < -0.3 is 5.32 Å². The Labute approximate surface area is 117 Å². The highest BCUT2D eigenvalue weighted by molar-refractivity contribution is 4.82. The quantitative estimate of drug-likeness (QED) is 0.429. The van der Waals surface area contributed by atoms with Crippen molar-refractivity contribution in [3.63, 3.8) is 0 Å². The third kappa shape index (κ3) is 20.9. The van der Waals surface area contributed by atoms with Crippen LogP contribution < -0.4 is 5.32 Å². The van der Waals surface area contributed by atoms with Crippen molar-refractivity contribution in [2.24, 2.45) is 0 Å². The van der Waals surface area contributed by atoms with Crippen LogP contribution in [0, 0.1) is 12.3 Å². The zero-order chi connectivity index (χ0) is 14.6. The van der Waals surface area contributed by atoms with E-state index < -0.39 is 0 Å². The van der Waals surface area contributed by atoms with Gasteiger partial charge in [-0.3, -0.25) is 0 Å². The van der Waals surface area contributed by atoms with Crippen LogP contribution in [0.25, 0.3) is 0 Å². The highest BCUT2D eigenvalue weighted by Gasteiger charge is 2.02. The summed E-state index contributed by atoms with van der Waals surface area (Å²) in [5, 5.41) is 3.60. The van der Waals surface area contributed by atoms with Crippen molar-refractivity contribution in [1.29, 1.82) is 0 Å². The van der Waals surface area contributed by atoms with Gasteiger partial charge >= 0.3 is 0 Å². The van der Waals surface area contributed by atoms with Gasteiger partial charge in [-0.15, -0.1) is 12.3 Å². The fourth-order valence-corrected chi connectivity index (χ4v) is 1.63. The Morgan fingerprint density at radius 2 is 1.61 bits per heavy atom. The number of unbranched alkanes of at least 4 members (excludes halogenated alkanes) is 3. The first-order valence-electron chi connectivity index (χ1n) is 8.02. The minimum atomic E-state index is 0.729. The maximum atomic E-state index is 5.19. The normalized spacial score (nSPS) is 10.3. The monoisotopic (exact) mass is 255 g/mol. The highest BCUT2D eigenvalue weighted by atomic mass is 14.9.